The topological polar surface area (TPSA) is 83.1 Å². The number of aryl methyl sites for hydroxylation is 1. The number of hydrogen-bond acceptors (Lipinski definition) is 4. The van der Waals surface area contributed by atoms with Gasteiger partial charge in [-0.2, -0.15) is 0 Å². The van der Waals surface area contributed by atoms with Crippen molar-refractivity contribution >= 4 is 34.9 Å². The average molecular weight is 379 g/mol. The molecular formula is C18H20ClFN4O2. The number of carbonyl (C=O) groups is 2. The summed E-state index contributed by atoms with van der Waals surface area (Å²) in [6, 6.07) is 7.70. The highest BCUT2D eigenvalue weighted by Crippen LogP contribution is 2.19. The Hall–Kier alpha value is -2.67. The van der Waals surface area contributed by atoms with Crippen LogP contribution in [0.15, 0.2) is 36.5 Å². The number of carbonyl (C=O) groups excluding carboxylic acids is 2. The fourth-order valence-electron chi connectivity index (χ4n) is 2.14. The van der Waals surface area contributed by atoms with E-state index >= 15 is 0 Å². The van der Waals surface area contributed by atoms with Crippen LogP contribution in [0.1, 0.15) is 18.4 Å². The Morgan fingerprint density at radius 2 is 1.88 bits per heavy atom. The first kappa shape index (κ1) is 19.7. The molecule has 1 heterocycles. The minimum absolute atomic E-state index is 0.0215. The molecule has 0 radical (unpaired) electrons. The molecule has 2 rings (SSSR count). The number of nitrogens with one attached hydrogen (secondary N) is 3. The number of benzene rings is 1. The maximum atomic E-state index is 13.1. The summed E-state index contributed by atoms with van der Waals surface area (Å²) in [7, 11) is 0. The molecule has 0 spiro atoms. The first-order chi connectivity index (χ1) is 12.4. The minimum atomic E-state index is -0.557. The zero-order valence-electron chi connectivity index (χ0n) is 14.3. The van der Waals surface area contributed by atoms with Crippen molar-refractivity contribution in [3.05, 3.63) is 52.9 Å². The third kappa shape index (κ3) is 6.68. The van der Waals surface area contributed by atoms with E-state index in [1.54, 1.807) is 6.20 Å². The standard InChI is InChI=1S/C18H20ClFN4O2/c1-12-6-7-21-16(10-12)22-8-9-23-17(25)4-5-18(26)24-13-2-3-15(20)14(19)11-13/h2-3,6-7,10-11H,4-5,8-9H2,1H3,(H,21,22)(H,23,25)(H,24,26). The summed E-state index contributed by atoms with van der Waals surface area (Å²) in [6.07, 6.45) is 1.79. The van der Waals surface area contributed by atoms with Crippen molar-refractivity contribution in [1.29, 1.82) is 0 Å². The predicted octanol–water partition coefficient (Wildman–Crippen LogP) is 3.13. The number of halogens is 2. The van der Waals surface area contributed by atoms with Gasteiger partial charge in [-0.05, 0) is 42.8 Å². The van der Waals surface area contributed by atoms with Crippen molar-refractivity contribution in [2.24, 2.45) is 0 Å². The SMILES string of the molecule is Cc1ccnc(NCCNC(=O)CCC(=O)Nc2ccc(F)c(Cl)c2)c1. The van der Waals surface area contributed by atoms with E-state index < -0.39 is 5.82 Å². The molecule has 0 aliphatic heterocycles. The van der Waals surface area contributed by atoms with Crippen LogP contribution in [0.3, 0.4) is 0 Å². The molecule has 2 amide bonds. The molecule has 138 valence electrons. The van der Waals surface area contributed by atoms with Crippen LogP contribution in [-0.2, 0) is 9.59 Å². The molecule has 2 aromatic rings. The Balaban J connectivity index is 1.63. The summed E-state index contributed by atoms with van der Waals surface area (Å²) in [5, 5.41) is 8.32. The van der Waals surface area contributed by atoms with Crippen LogP contribution in [0.4, 0.5) is 15.9 Å². The first-order valence-electron chi connectivity index (χ1n) is 8.12. The second-order valence-electron chi connectivity index (χ2n) is 5.67. The molecule has 6 nitrogen and oxygen atoms in total. The van der Waals surface area contributed by atoms with Crippen LogP contribution in [0.25, 0.3) is 0 Å². The van der Waals surface area contributed by atoms with Crippen molar-refractivity contribution in [3.63, 3.8) is 0 Å². The van der Waals surface area contributed by atoms with E-state index in [4.69, 9.17) is 11.6 Å². The lowest BCUT2D eigenvalue weighted by atomic mass is 10.2. The second kappa shape index (κ2) is 9.72. The molecule has 0 unspecified atom stereocenters. The first-order valence-corrected chi connectivity index (χ1v) is 8.50. The van der Waals surface area contributed by atoms with Gasteiger partial charge in [-0.3, -0.25) is 9.59 Å². The Morgan fingerprint density at radius 1 is 1.12 bits per heavy atom. The van der Waals surface area contributed by atoms with Crippen LogP contribution in [0.5, 0.6) is 0 Å². The Kier molecular flexibility index (Phi) is 7.35. The van der Waals surface area contributed by atoms with Gasteiger partial charge in [-0.1, -0.05) is 11.6 Å². The normalized spacial score (nSPS) is 10.3. The molecule has 0 atom stereocenters. The molecule has 1 aromatic heterocycles. The van der Waals surface area contributed by atoms with Crippen molar-refractivity contribution in [2.45, 2.75) is 19.8 Å². The van der Waals surface area contributed by atoms with Gasteiger partial charge in [0.15, 0.2) is 0 Å². The molecule has 0 aliphatic carbocycles. The molecular weight excluding hydrogens is 359 g/mol. The molecule has 0 fully saturated rings. The Labute approximate surface area is 156 Å². The Bertz CT molecular complexity index is 786. The number of anilines is 2. The third-order valence-electron chi connectivity index (χ3n) is 3.45. The summed E-state index contributed by atoms with van der Waals surface area (Å²) in [4.78, 5) is 27.7. The lowest BCUT2D eigenvalue weighted by Crippen LogP contribution is -2.29. The van der Waals surface area contributed by atoms with Crippen LogP contribution >= 0.6 is 11.6 Å². The summed E-state index contributed by atoms with van der Waals surface area (Å²) in [5.41, 5.74) is 1.48. The number of rotatable bonds is 8. The zero-order chi connectivity index (χ0) is 18.9. The molecule has 0 saturated heterocycles. The summed E-state index contributed by atoms with van der Waals surface area (Å²) in [6.45, 7) is 2.92. The largest absolute Gasteiger partial charge is 0.368 e. The molecule has 1 aromatic carbocycles. The van der Waals surface area contributed by atoms with E-state index in [9.17, 15) is 14.0 Å². The van der Waals surface area contributed by atoms with Crippen molar-refractivity contribution in [3.8, 4) is 0 Å². The van der Waals surface area contributed by atoms with E-state index in [1.165, 1.54) is 18.2 Å². The van der Waals surface area contributed by atoms with Gasteiger partial charge in [0.25, 0.3) is 0 Å². The van der Waals surface area contributed by atoms with Crippen LogP contribution in [-0.4, -0.2) is 29.9 Å². The number of hydrogen-bond donors (Lipinski definition) is 3. The highest BCUT2D eigenvalue weighted by Gasteiger charge is 2.08. The highest BCUT2D eigenvalue weighted by molar-refractivity contribution is 6.31. The highest BCUT2D eigenvalue weighted by atomic mass is 35.5. The van der Waals surface area contributed by atoms with Gasteiger partial charge >= 0.3 is 0 Å². The van der Waals surface area contributed by atoms with Gasteiger partial charge in [0.2, 0.25) is 11.8 Å². The van der Waals surface area contributed by atoms with E-state index in [-0.39, 0.29) is 29.7 Å². The Morgan fingerprint density at radius 3 is 2.62 bits per heavy atom. The lowest BCUT2D eigenvalue weighted by Gasteiger charge is -2.08. The van der Waals surface area contributed by atoms with E-state index in [0.29, 0.717) is 18.8 Å². The van der Waals surface area contributed by atoms with Crippen molar-refractivity contribution < 1.29 is 14.0 Å². The molecule has 0 aliphatic rings. The number of amides is 2. The summed E-state index contributed by atoms with van der Waals surface area (Å²) in [5.74, 6) is -0.378. The fraction of sp³-hybridized carbons (Fsp3) is 0.278. The maximum absolute atomic E-state index is 13.1. The van der Waals surface area contributed by atoms with Gasteiger partial charge in [0.05, 0.1) is 5.02 Å². The fourth-order valence-corrected chi connectivity index (χ4v) is 2.32. The van der Waals surface area contributed by atoms with Crippen LogP contribution in [0, 0.1) is 12.7 Å². The quantitative estimate of drug-likeness (QED) is 0.616. The summed E-state index contributed by atoms with van der Waals surface area (Å²) >= 11 is 5.65. The van der Waals surface area contributed by atoms with E-state index in [2.05, 4.69) is 20.9 Å². The van der Waals surface area contributed by atoms with Gasteiger partial charge in [0.1, 0.15) is 11.6 Å². The minimum Gasteiger partial charge on any atom is -0.368 e. The van der Waals surface area contributed by atoms with Crippen molar-refractivity contribution in [2.75, 3.05) is 23.7 Å². The third-order valence-corrected chi connectivity index (χ3v) is 3.74. The smallest absolute Gasteiger partial charge is 0.224 e. The van der Waals surface area contributed by atoms with Crippen molar-refractivity contribution in [1.82, 2.24) is 10.3 Å². The average Bonchev–Trinajstić information content (AvgIpc) is 2.60. The number of nitrogens with zero attached hydrogens (tertiary/aromatic N) is 1. The maximum Gasteiger partial charge on any atom is 0.224 e. The number of pyridine rings is 1. The van der Waals surface area contributed by atoms with Gasteiger partial charge in [-0.15, -0.1) is 0 Å². The lowest BCUT2D eigenvalue weighted by molar-refractivity contribution is -0.124. The molecule has 0 saturated carbocycles. The van der Waals surface area contributed by atoms with Gasteiger partial charge in [-0.25, -0.2) is 9.37 Å². The second-order valence-corrected chi connectivity index (χ2v) is 6.08. The zero-order valence-corrected chi connectivity index (χ0v) is 15.1. The summed E-state index contributed by atoms with van der Waals surface area (Å²) < 4.78 is 13.1. The van der Waals surface area contributed by atoms with Crippen LogP contribution < -0.4 is 16.0 Å². The van der Waals surface area contributed by atoms with Gasteiger partial charge < -0.3 is 16.0 Å². The predicted molar refractivity (Wildman–Crippen MR) is 99.7 cm³/mol. The molecule has 0 bridgehead atoms. The molecule has 26 heavy (non-hydrogen) atoms. The van der Waals surface area contributed by atoms with Gasteiger partial charge in [0, 0.05) is 37.8 Å². The van der Waals surface area contributed by atoms with Crippen LogP contribution in [0.2, 0.25) is 5.02 Å². The molecule has 8 heteroatoms. The van der Waals surface area contributed by atoms with E-state index in [0.717, 1.165) is 11.4 Å². The monoisotopic (exact) mass is 378 g/mol. The van der Waals surface area contributed by atoms with E-state index in [1.807, 2.05) is 19.1 Å². The molecule has 3 N–H and O–H groups in total. The number of aromatic nitrogens is 1.